The van der Waals surface area contributed by atoms with Gasteiger partial charge in [0.25, 0.3) is 0 Å². The molecular formula is C20H34O3. The summed E-state index contributed by atoms with van der Waals surface area (Å²) in [6, 6.07) is 0. The number of rotatable bonds is 0. The van der Waals surface area contributed by atoms with E-state index in [1.165, 1.54) is 12.8 Å². The number of fused-ring (bicyclic) bond motifs is 4. The highest BCUT2D eigenvalue weighted by Gasteiger charge is 2.63. The zero-order valence-electron chi connectivity index (χ0n) is 15.5. The van der Waals surface area contributed by atoms with E-state index in [2.05, 4.69) is 34.6 Å². The van der Waals surface area contributed by atoms with Crippen molar-refractivity contribution in [1.29, 1.82) is 0 Å². The molecule has 0 bridgehead atoms. The van der Waals surface area contributed by atoms with Crippen molar-refractivity contribution in [3.8, 4) is 0 Å². The van der Waals surface area contributed by atoms with E-state index in [4.69, 9.17) is 9.47 Å². The van der Waals surface area contributed by atoms with Gasteiger partial charge in [0.05, 0.1) is 23.9 Å². The predicted molar refractivity (Wildman–Crippen MR) is 90.2 cm³/mol. The van der Waals surface area contributed by atoms with Crippen LogP contribution in [0, 0.1) is 22.7 Å². The number of hydrogen-bond donors (Lipinski definition) is 1. The lowest BCUT2D eigenvalue weighted by molar-refractivity contribution is -0.215. The summed E-state index contributed by atoms with van der Waals surface area (Å²) >= 11 is 0. The minimum Gasteiger partial charge on any atom is -0.393 e. The van der Waals surface area contributed by atoms with Crippen LogP contribution in [-0.4, -0.2) is 35.1 Å². The average Bonchev–Trinajstić information content (AvgIpc) is 3.09. The van der Waals surface area contributed by atoms with E-state index in [9.17, 15) is 5.11 Å². The lowest BCUT2D eigenvalue weighted by Gasteiger charge is -2.63. The lowest BCUT2D eigenvalue weighted by Crippen LogP contribution is -2.61. The molecule has 3 nitrogen and oxygen atoms in total. The minimum atomic E-state index is -0.159. The van der Waals surface area contributed by atoms with Gasteiger partial charge in [-0.15, -0.1) is 0 Å². The Kier molecular flexibility index (Phi) is 3.37. The first kappa shape index (κ1) is 16.4. The van der Waals surface area contributed by atoms with Crippen molar-refractivity contribution >= 4 is 0 Å². The average molecular weight is 322 g/mol. The summed E-state index contributed by atoms with van der Waals surface area (Å²) in [5, 5.41) is 10.6. The molecule has 0 radical (unpaired) electrons. The van der Waals surface area contributed by atoms with Crippen molar-refractivity contribution in [3.63, 3.8) is 0 Å². The highest BCUT2D eigenvalue weighted by atomic mass is 16.6. The highest BCUT2D eigenvalue weighted by Crippen LogP contribution is 2.64. The quantitative estimate of drug-likeness (QED) is 0.687. The topological polar surface area (TPSA) is 42.0 Å². The maximum absolute atomic E-state index is 10.6. The fraction of sp³-hybridized carbons (Fsp3) is 1.00. The molecule has 7 atom stereocenters. The highest BCUT2D eigenvalue weighted by molar-refractivity contribution is 5.12. The Hall–Kier alpha value is -0.120. The number of aliphatic hydroxyl groups excluding tert-OH is 1. The Bertz CT molecular complexity index is 503. The van der Waals surface area contributed by atoms with E-state index >= 15 is 0 Å². The zero-order valence-corrected chi connectivity index (χ0v) is 15.5. The summed E-state index contributed by atoms with van der Waals surface area (Å²) in [6.07, 6.45) is 6.88. The first-order valence-corrected chi connectivity index (χ1v) is 9.62. The summed E-state index contributed by atoms with van der Waals surface area (Å²) in [5.41, 5.74) is 0.332. The van der Waals surface area contributed by atoms with Gasteiger partial charge in [-0.3, -0.25) is 0 Å². The van der Waals surface area contributed by atoms with Crippen LogP contribution in [0.5, 0.6) is 0 Å². The summed E-state index contributed by atoms with van der Waals surface area (Å²) in [7, 11) is 0. The van der Waals surface area contributed by atoms with Crippen molar-refractivity contribution in [3.05, 3.63) is 0 Å². The van der Waals surface area contributed by atoms with Crippen molar-refractivity contribution in [2.24, 2.45) is 22.7 Å². The smallest absolute Gasteiger partial charge is 0.110 e. The van der Waals surface area contributed by atoms with Gasteiger partial charge in [0.1, 0.15) is 6.10 Å². The monoisotopic (exact) mass is 322 g/mol. The Balaban J connectivity index is 1.68. The molecule has 132 valence electrons. The molecule has 2 saturated carbocycles. The van der Waals surface area contributed by atoms with E-state index in [0.29, 0.717) is 17.9 Å². The SMILES string of the molecule is CC1(C)[C@H](O)CC[C@]2(C)[C@H]3CC[C@@]4(C)O[C@H]4CO[C@]3(C)CC[C@@H]12. The third kappa shape index (κ3) is 2.19. The second-order valence-corrected chi connectivity index (χ2v) is 10.1. The summed E-state index contributed by atoms with van der Waals surface area (Å²) in [4.78, 5) is 0. The molecule has 2 heterocycles. The van der Waals surface area contributed by atoms with Crippen LogP contribution in [0.2, 0.25) is 0 Å². The molecule has 0 amide bonds. The molecule has 0 unspecified atom stereocenters. The van der Waals surface area contributed by atoms with Crippen LogP contribution >= 0.6 is 0 Å². The fourth-order valence-electron chi connectivity index (χ4n) is 6.72. The maximum Gasteiger partial charge on any atom is 0.110 e. The molecule has 2 aliphatic carbocycles. The Morgan fingerprint density at radius 2 is 1.48 bits per heavy atom. The van der Waals surface area contributed by atoms with Gasteiger partial charge in [0.2, 0.25) is 0 Å². The van der Waals surface area contributed by atoms with E-state index in [1.807, 2.05) is 0 Å². The van der Waals surface area contributed by atoms with Gasteiger partial charge in [0.15, 0.2) is 0 Å². The number of hydrogen-bond acceptors (Lipinski definition) is 3. The van der Waals surface area contributed by atoms with Gasteiger partial charge in [-0.25, -0.2) is 0 Å². The van der Waals surface area contributed by atoms with Crippen molar-refractivity contribution in [2.75, 3.05) is 6.61 Å². The Morgan fingerprint density at radius 3 is 2.22 bits per heavy atom. The molecule has 0 spiro atoms. The van der Waals surface area contributed by atoms with Crippen LogP contribution in [0.15, 0.2) is 0 Å². The fourth-order valence-corrected chi connectivity index (χ4v) is 6.72. The van der Waals surface area contributed by atoms with Gasteiger partial charge in [-0.2, -0.15) is 0 Å². The predicted octanol–water partition coefficient (Wildman–Crippen LogP) is 3.93. The minimum absolute atomic E-state index is 0.0131. The molecule has 0 aromatic heterocycles. The van der Waals surface area contributed by atoms with Gasteiger partial charge in [0, 0.05) is 0 Å². The van der Waals surface area contributed by atoms with Crippen LogP contribution in [0.1, 0.15) is 73.1 Å². The zero-order chi connectivity index (χ0) is 16.7. The standard InChI is InChI=1S/C20H34O3/c1-17(2)13-6-10-19(4)14(18(13,3)9-8-15(17)21)7-11-20(5)16(23-20)12-22-19/h13-16,21H,6-12H2,1-5H3/t13-,14+,15+,16-,18-,19+,20+/m0/s1. The van der Waals surface area contributed by atoms with Crippen molar-refractivity contribution < 1.29 is 14.6 Å². The Labute approximate surface area is 141 Å². The second-order valence-electron chi connectivity index (χ2n) is 10.1. The van der Waals surface area contributed by atoms with Crippen LogP contribution in [0.25, 0.3) is 0 Å². The molecule has 23 heavy (non-hydrogen) atoms. The lowest BCUT2D eigenvalue weighted by atomic mass is 9.44. The van der Waals surface area contributed by atoms with Crippen LogP contribution in [0.4, 0.5) is 0 Å². The molecule has 1 N–H and O–H groups in total. The number of aliphatic hydroxyl groups is 1. The first-order valence-electron chi connectivity index (χ1n) is 9.62. The van der Waals surface area contributed by atoms with E-state index in [0.717, 1.165) is 32.3 Å². The Morgan fingerprint density at radius 1 is 0.826 bits per heavy atom. The third-order valence-corrected chi connectivity index (χ3v) is 8.50. The van der Waals surface area contributed by atoms with Gasteiger partial charge in [-0.05, 0) is 75.0 Å². The first-order chi connectivity index (χ1) is 10.6. The molecule has 2 saturated heterocycles. The second kappa shape index (κ2) is 4.74. The van der Waals surface area contributed by atoms with Crippen molar-refractivity contribution in [1.82, 2.24) is 0 Å². The van der Waals surface area contributed by atoms with Gasteiger partial charge < -0.3 is 14.6 Å². The summed E-state index contributed by atoms with van der Waals surface area (Å²) < 4.78 is 12.5. The van der Waals surface area contributed by atoms with Crippen LogP contribution < -0.4 is 0 Å². The van der Waals surface area contributed by atoms with Gasteiger partial charge in [-0.1, -0.05) is 20.8 Å². The normalized spacial score (nSPS) is 58.2. The summed E-state index contributed by atoms with van der Waals surface area (Å²) in [5.74, 6) is 1.16. The molecule has 2 aliphatic heterocycles. The largest absolute Gasteiger partial charge is 0.393 e. The molecule has 0 aromatic rings. The molecule has 4 fully saturated rings. The third-order valence-electron chi connectivity index (χ3n) is 8.50. The summed E-state index contributed by atoms with van der Waals surface area (Å²) in [6.45, 7) is 12.4. The molecule has 4 aliphatic rings. The van der Waals surface area contributed by atoms with E-state index in [-0.39, 0.29) is 28.1 Å². The van der Waals surface area contributed by atoms with Gasteiger partial charge >= 0.3 is 0 Å². The molecule has 0 aromatic carbocycles. The van der Waals surface area contributed by atoms with E-state index < -0.39 is 0 Å². The number of epoxide rings is 1. The number of ether oxygens (including phenoxy) is 2. The molecule has 3 heteroatoms. The molecule has 4 rings (SSSR count). The van der Waals surface area contributed by atoms with Crippen LogP contribution in [-0.2, 0) is 9.47 Å². The van der Waals surface area contributed by atoms with Crippen LogP contribution in [0.3, 0.4) is 0 Å². The van der Waals surface area contributed by atoms with Crippen molar-refractivity contribution in [2.45, 2.75) is 96.6 Å². The molecular weight excluding hydrogens is 288 g/mol. The maximum atomic E-state index is 10.6. The van der Waals surface area contributed by atoms with E-state index in [1.54, 1.807) is 0 Å².